The van der Waals surface area contributed by atoms with Crippen LogP contribution < -0.4 is 4.90 Å². The third-order valence-electron chi connectivity index (χ3n) is 8.78. The van der Waals surface area contributed by atoms with Crippen LogP contribution in [0.2, 0.25) is 0 Å². The van der Waals surface area contributed by atoms with Gasteiger partial charge in [0.1, 0.15) is 10.7 Å². The van der Waals surface area contributed by atoms with Crippen LogP contribution in [0.15, 0.2) is 47.5 Å². The van der Waals surface area contributed by atoms with E-state index >= 15 is 0 Å². The molecule has 1 saturated heterocycles. The summed E-state index contributed by atoms with van der Waals surface area (Å²) in [6.45, 7) is 14.3. The quantitative estimate of drug-likeness (QED) is 0.314. The summed E-state index contributed by atoms with van der Waals surface area (Å²) >= 11 is 0. The van der Waals surface area contributed by atoms with Crippen LogP contribution in [0, 0.1) is 27.3 Å². The number of anilines is 1. The minimum atomic E-state index is -3.94. The van der Waals surface area contributed by atoms with Crippen molar-refractivity contribution in [2.45, 2.75) is 69.9 Å². The van der Waals surface area contributed by atoms with Crippen molar-refractivity contribution >= 4 is 33.3 Å². The van der Waals surface area contributed by atoms with Crippen LogP contribution >= 0.6 is 0 Å². The number of aromatic nitrogens is 4. The zero-order chi connectivity index (χ0) is 30.5. The molecule has 0 unspecified atom stereocenters. The zero-order valence-electron chi connectivity index (χ0n) is 24.4. The van der Waals surface area contributed by atoms with Crippen molar-refractivity contribution in [3.8, 4) is 0 Å². The summed E-state index contributed by atoms with van der Waals surface area (Å²) in [4.78, 5) is 22.2. The van der Waals surface area contributed by atoms with E-state index in [9.17, 15) is 18.3 Å². The second kappa shape index (κ2) is 11.1. The topological polar surface area (TPSA) is 125 Å². The number of hydrogen-bond donors (Lipinski definition) is 1. The van der Waals surface area contributed by atoms with Gasteiger partial charge < -0.3 is 14.9 Å². The molecule has 0 amide bonds. The fourth-order valence-electron chi connectivity index (χ4n) is 6.43. The summed E-state index contributed by atoms with van der Waals surface area (Å²) in [5, 5.41) is 18.4. The van der Waals surface area contributed by atoms with Gasteiger partial charge in [-0.3, -0.25) is 9.20 Å². The summed E-state index contributed by atoms with van der Waals surface area (Å²) in [7, 11) is -3.94. The molecule has 12 heteroatoms. The standard InChI is InChI=1S/C31H33N7O4S/c1-19-8-9-22(26(16-29(39)40)25-12-14-37-21(3)34-35-30(37)20(25)2)15-23(19)17-36-18-24-7-5-6-13-38(24)31-27(43(36,41)42)10-11-28(32-4)33-31/h8-12,14-15,24,26H,5-7,13,16-18H2,1-3H3,(H,39,40)/t24-,26+/m1/s1. The molecular weight excluding hydrogens is 566 g/mol. The summed E-state index contributed by atoms with van der Waals surface area (Å²) in [5.41, 5.74) is 4.89. The number of sulfonamides is 1. The first-order valence-electron chi connectivity index (χ1n) is 14.4. The predicted molar refractivity (Wildman–Crippen MR) is 161 cm³/mol. The Balaban J connectivity index is 1.41. The molecule has 1 aromatic carbocycles. The van der Waals surface area contributed by atoms with Gasteiger partial charge in [0.05, 0.1) is 6.42 Å². The Hall–Kier alpha value is -4.34. The number of aliphatic carboxylic acids is 1. The molecule has 43 heavy (non-hydrogen) atoms. The van der Waals surface area contributed by atoms with Crippen molar-refractivity contribution in [1.82, 2.24) is 23.9 Å². The van der Waals surface area contributed by atoms with Gasteiger partial charge in [-0.05, 0) is 86.1 Å². The molecule has 0 spiro atoms. The highest BCUT2D eigenvalue weighted by Crippen LogP contribution is 2.38. The highest BCUT2D eigenvalue weighted by molar-refractivity contribution is 7.89. The van der Waals surface area contributed by atoms with Crippen LogP contribution in [0.5, 0.6) is 0 Å². The lowest BCUT2D eigenvalue weighted by Crippen LogP contribution is -2.45. The number of fused-ring (bicyclic) bond motifs is 4. The molecule has 1 fully saturated rings. The van der Waals surface area contributed by atoms with Gasteiger partial charge in [-0.2, -0.15) is 4.31 Å². The van der Waals surface area contributed by atoms with Crippen LogP contribution in [0.25, 0.3) is 10.5 Å². The normalized spacial score (nSPS) is 18.8. The molecule has 2 aliphatic heterocycles. The van der Waals surface area contributed by atoms with Gasteiger partial charge in [-0.1, -0.05) is 24.8 Å². The largest absolute Gasteiger partial charge is 0.481 e. The summed E-state index contributed by atoms with van der Waals surface area (Å²) < 4.78 is 31.7. The number of aryl methyl sites for hydroxylation is 3. The molecule has 0 bridgehead atoms. The second-order valence-corrected chi connectivity index (χ2v) is 13.3. The lowest BCUT2D eigenvalue weighted by atomic mass is 9.85. The molecule has 5 heterocycles. The Morgan fingerprint density at radius 3 is 2.72 bits per heavy atom. The van der Waals surface area contributed by atoms with Gasteiger partial charge in [-0.25, -0.2) is 8.42 Å². The fraction of sp³-hybridized carbons (Fsp3) is 0.387. The zero-order valence-corrected chi connectivity index (χ0v) is 25.2. The van der Waals surface area contributed by atoms with Crippen LogP contribution in [0.1, 0.15) is 65.2 Å². The fourth-order valence-corrected chi connectivity index (χ4v) is 8.02. The van der Waals surface area contributed by atoms with Crippen molar-refractivity contribution in [2.75, 3.05) is 18.0 Å². The van der Waals surface area contributed by atoms with Crippen molar-refractivity contribution in [1.29, 1.82) is 0 Å². The minimum absolute atomic E-state index is 0.0532. The van der Waals surface area contributed by atoms with E-state index in [0.29, 0.717) is 24.6 Å². The Bertz CT molecular complexity index is 1900. The van der Waals surface area contributed by atoms with Gasteiger partial charge in [0.2, 0.25) is 15.8 Å². The smallest absolute Gasteiger partial charge is 0.304 e. The minimum Gasteiger partial charge on any atom is -0.481 e. The van der Waals surface area contributed by atoms with Crippen LogP contribution in [-0.4, -0.2) is 62.5 Å². The number of piperidine rings is 1. The van der Waals surface area contributed by atoms with Gasteiger partial charge in [0, 0.05) is 37.8 Å². The van der Waals surface area contributed by atoms with E-state index in [1.54, 1.807) is 0 Å². The number of pyridine rings is 2. The average Bonchev–Trinajstić information content (AvgIpc) is 3.34. The lowest BCUT2D eigenvalue weighted by molar-refractivity contribution is -0.137. The monoisotopic (exact) mass is 599 g/mol. The molecule has 1 N–H and O–H groups in total. The highest BCUT2D eigenvalue weighted by atomic mass is 32.2. The first kappa shape index (κ1) is 28.8. The van der Waals surface area contributed by atoms with E-state index in [2.05, 4.69) is 24.9 Å². The summed E-state index contributed by atoms with van der Waals surface area (Å²) in [6.07, 6.45) is 4.49. The molecule has 3 aromatic heterocycles. The maximum atomic E-state index is 14.1. The van der Waals surface area contributed by atoms with Crippen molar-refractivity contribution in [2.24, 2.45) is 0 Å². The van der Waals surface area contributed by atoms with Crippen LogP contribution in [0.4, 0.5) is 11.6 Å². The molecule has 0 radical (unpaired) electrons. The van der Waals surface area contributed by atoms with E-state index < -0.39 is 21.9 Å². The lowest BCUT2D eigenvalue weighted by Gasteiger charge is -2.35. The number of hydrogen-bond acceptors (Lipinski definition) is 7. The van der Waals surface area contributed by atoms with E-state index in [-0.39, 0.29) is 29.7 Å². The number of nitrogens with zero attached hydrogens (tertiary/aromatic N) is 7. The number of carboxylic acids is 1. The van der Waals surface area contributed by atoms with Crippen LogP contribution in [0.3, 0.4) is 0 Å². The summed E-state index contributed by atoms with van der Waals surface area (Å²) in [6, 6.07) is 10.6. The van der Waals surface area contributed by atoms with Crippen molar-refractivity contribution in [3.63, 3.8) is 0 Å². The maximum absolute atomic E-state index is 14.1. The molecule has 2 atom stereocenters. The molecule has 0 aliphatic carbocycles. The van der Waals surface area contributed by atoms with Crippen LogP contribution in [-0.2, 0) is 21.4 Å². The first-order valence-corrected chi connectivity index (χ1v) is 15.8. The molecular formula is C31H33N7O4S. The van der Waals surface area contributed by atoms with Gasteiger partial charge in [0.25, 0.3) is 5.82 Å². The first-order chi connectivity index (χ1) is 20.6. The Kier molecular flexibility index (Phi) is 7.40. The molecule has 6 rings (SSSR count). The van der Waals surface area contributed by atoms with E-state index in [0.717, 1.165) is 52.9 Å². The van der Waals surface area contributed by atoms with E-state index in [4.69, 9.17) is 6.57 Å². The highest BCUT2D eigenvalue weighted by Gasteiger charge is 2.41. The number of benzene rings is 1. The number of carbonyl (C=O) groups is 1. The third-order valence-corrected chi connectivity index (χ3v) is 10.6. The third kappa shape index (κ3) is 5.13. The molecule has 222 valence electrons. The van der Waals surface area contributed by atoms with Gasteiger partial charge in [-0.15, -0.1) is 15.2 Å². The molecule has 4 aromatic rings. The Morgan fingerprint density at radius 2 is 1.95 bits per heavy atom. The molecule has 0 saturated carbocycles. The van der Waals surface area contributed by atoms with Crippen molar-refractivity contribution in [3.05, 3.63) is 87.7 Å². The molecule has 11 nitrogen and oxygen atoms in total. The van der Waals surface area contributed by atoms with Gasteiger partial charge in [0.15, 0.2) is 5.65 Å². The number of rotatable bonds is 6. The summed E-state index contributed by atoms with van der Waals surface area (Å²) in [5.74, 6) is -0.115. The van der Waals surface area contributed by atoms with E-state index in [1.807, 2.05) is 55.6 Å². The average molecular weight is 600 g/mol. The van der Waals surface area contributed by atoms with Gasteiger partial charge >= 0.3 is 5.97 Å². The Morgan fingerprint density at radius 1 is 1.14 bits per heavy atom. The maximum Gasteiger partial charge on any atom is 0.304 e. The SMILES string of the molecule is [C-]#[N+]c1ccc2c(n1)N1CCCC[C@@H]1CN(Cc1cc([C@H](CC(=O)O)c3ccn4c(C)nnc4c3C)ccc1C)S2(=O)=O. The predicted octanol–water partition coefficient (Wildman–Crippen LogP) is 4.77. The second-order valence-electron chi connectivity index (χ2n) is 11.4. The van der Waals surface area contributed by atoms with Crippen molar-refractivity contribution < 1.29 is 18.3 Å². The number of carboxylic acid groups (broad SMARTS) is 1. The molecule has 2 aliphatic rings. The Labute approximate surface area is 250 Å². The van der Waals surface area contributed by atoms with E-state index in [1.165, 1.54) is 16.4 Å².